The molecule has 0 spiro atoms. The molecule has 5 N–H and O–H groups in total. The molecule has 6 atom stereocenters. The summed E-state index contributed by atoms with van der Waals surface area (Å²) in [6.07, 6.45) is -3.25. The maximum Gasteiger partial charge on any atom is 0.227 e. The molecule has 0 bridgehead atoms. The van der Waals surface area contributed by atoms with Gasteiger partial charge in [-0.25, -0.2) is 9.98 Å². The SMILES string of the molecule is CC1=NC([C@H]2O[C@@H](n3cnc4c(NCC(c5ccccc5)c5ccccc5)nc(N[C@H](CO)Cc5ccccc5)nc43)[C@H](O)[C@@H]2O)N=N1. The lowest BCUT2D eigenvalue weighted by Gasteiger charge is -2.21. The summed E-state index contributed by atoms with van der Waals surface area (Å²) in [6.45, 7) is 2.05. The first-order valence-corrected chi connectivity index (χ1v) is 15.9. The summed E-state index contributed by atoms with van der Waals surface area (Å²) in [5.74, 6) is 1.19. The molecule has 246 valence electrons. The van der Waals surface area contributed by atoms with Crippen LogP contribution in [0.5, 0.6) is 0 Å². The van der Waals surface area contributed by atoms with E-state index in [1.807, 2.05) is 66.7 Å². The van der Waals surface area contributed by atoms with Crippen molar-refractivity contribution in [3.8, 4) is 0 Å². The van der Waals surface area contributed by atoms with E-state index in [4.69, 9.17) is 14.7 Å². The number of aliphatic imine (C=N–C) groups is 1. The van der Waals surface area contributed by atoms with Crippen LogP contribution in [0.1, 0.15) is 35.8 Å². The fraction of sp³-hybridized carbons (Fsp3) is 0.314. The fourth-order valence-corrected chi connectivity index (χ4v) is 6.22. The zero-order valence-corrected chi connectivity index (χ0v) is 26.3. The molecular weight excluding hydrogens is 610 g/mol. The molecule has 0 radical (unpaired) electrons. The van der Waals surface area contributed by atoms with Gasteiger partial charge in [0.05, 0.1) is 19.0 Å². The highest BCUT2D eigenvalue weighted by molar-refractivity contribution is 5.84. The summed E-state index contributed by atoms with van der Waals surface area (Å²) in [4.78, 5) is 18.6. The van der Waals surface area contributed by atoms with Crippen LogP contribution in [-0.4, -0.2) is 84.3 Å². The largest absolute Gasteiger partial charge is 0.394 e. The third-order valence-electron chi connectivity index (χ3n) is 8.66. The Labute approximate surface area is 277 Å². The van der Waals surface area contributed by atoms with E-state index in [1.165, 1.54) is 6.33 Å². The molecule has 2 aromatic heterocycles. The zero-order valence-electron chi connectivity index (χ0n) is 26.3. The van der Waals surface area contributed by atoms with Crippen LogP contribution >= 0.6 is 0 Å². The molecule has 4 heterocycles. The Morgan fingerprint density at radius 2 is 1.54 bits per heavy atom. The molecular formula is C35H37N9O4. The smallest absolute Gasteiger partial charge is 0.227 e. The van der Waals surface area contributed by atoms with E-state index in [9.17, 15) is 15.3 Å². The van der Waals surface area contributed by atoms with Gasteiger partial charge in [-0.15, -0.1) is 5.11 Å². The molecule has 7 rings (SSSR count). The predicted molar refractivity (Wildman–Crippen MR) is 181 cm³/mol. The van der Waals surface area contributed by atoms with Crippen LogP contribution in [0.4, 0.5) is 11.8 Å². The summed E-state index contributed by atoms with van der Waals surface area (Å²) in [5.41, 5.74) is 4.14. The molecule has 0 saturated carbocycles. The van der Waals surface area contributed by atoms with Crippen LogP contribution in [0, 0.1) is 0 Å². The lowest BCUT2D eigenvalue weighted by molar-refractivity contribution is -0.0410. The maximum atomic E-state index is 11.1. The van der Waals surface area contributed by atoms with E-state index < -0.39 is 30.7 Å². The minimum atomic E-state index is -1.31. The van der Waals surface area contributed by atoms with Crippen LogP contribution in [-0.2, 0) is 11.2 Å². The van der Waals surface area contributed by atoms with E-state index in [0.29, 0.717) is 35.8 Å². The number of amidine groups is 1. The van der Waals surface area contributed by atoms with Crippen molar-refractivity contribution in [1.82, 2.24) is 19.5 Å². The second-order valence-corrected chi connectivity index (χ2v) is 12.0. The van der Waals surface area contributed by atoms with Crippen LogP contribution in [0.15, 0.2) is 113 Å². The number of rotatable bonds is 12. The molecule has 1 saturated heterocycles. The van der Waals surface area contributed by atoms with Crippen molar-refractivity contribution in [2.45, 2.75) is 56.0 Å². The van der Waals surface area contributed by atoms with Gasteiger partial charge in [-0.2, -0.15) is 15.1 Å². The average Bonchev–Trinajstić information content (AvgIpc) is 3.83. The van der Waals surface area contributed by atoms with E-state index in [2.05, 4.69) is 55.1 Å². The van der Waals surface area contributed by atoms with Gasteiger partial charge >= 0.3 is 0 Å². The third kappa shape index (κ3) is 6.53. The molecule has 0 aliphatic carbocycles. The first-order valence-electron chi connectivity index (χ1n) is 15.9. The van der Waals surface area contributed by atoms with Gasteiger partial charge < -0.3 is 30.7 Å². The highest BCUT2D eigenvalue weighted by Gasteiger charge is 2.48. The Kier molecular flexibility index (Phi) is 9.16. The summed E-state index contributed by atoms with van der Waals surface area (Å²) < 4.78 is 7.75. The molecule has 1 unspecified atom stereocenters. The van der Waals surface area contributed by atoms with E-state index in [1.54, 1.807) is 11.5 Å². The zero-order chi connectivity index (χ0) is 33.0. The number of fused-ring (bicyclic) bond motifs is 1. The molecule has 13 nitrogen and oxygen atoms in total. The van der Waals surface area contributed by atoms with E-state index in [0.717, 1.165) is 16.7 Å². The Balaban J connectivity index is 1.24. The summed E-state index contributed by atoms with van der Waals surface area (Å²) >= 11 is 0. The standard InChI is InChI=1S/C35H37N9O4/c1-21-38-32(43-42-21)30-28(46)29(47)34(48-30)44-20-37-27-31(36-18-26(23-13-7-3-8-14-23)24-15-9-4-10-16-24)40-35(41-33(27)44)39-25(19-45)17-22-11-5-2-6-12-22/h2-16,20,25-26,28-30,32,34,45-47H,17-19H2,1H3,(H2,36,39,40,41)/t25-,28-,29+,30-,32?,34+/m0/s1. The first-order chi connectivity index (χ1) is 23.5. The van der Waals surface area contributed by atoms with Crippen LogP contribution in [0.3, 0.4) is 0 Å². The molecule has 5 aromatic rings. The number of nitrogens with one attached hydrogen (secondary N) is 2. The van der Waals surface area contributed by atoms with Crippen molar-refractivity contribution < 1.29 is 20.1 Å². The predicted octanol–water partition coefficient (Wildman–Crippen LogP) is 3.92. The molecule has 2 aliphatic rings. The van der Waals surface area contributed by atoms with Crippen molar-refractivity contribution in [2.24, 2.45) is 15.2 Å². The second-order valence-electron chi connectivity index (χ2n) is 12.0. The van der Waals surface area contributed by atoms with Gasteiger partial charge in [0.25, 0.3) is 0 Å². The van der Waals surface area contributed by atoms with Crippen molar-refractivity contribution >= 4 is 28.8 Å². The number of aromatic nitrogens is 4. The fourth-order valence-electron chi connectivity index (χ4n) is 6.22. The summed E-state index contributed by atoms with van der Waals surface area (Å²) in [6, 6.07) is 29.9. The minimum absolute atomic E-state index is 0.000314. The lowest BCUT2D eigenvalue weighted by Crippen LogP contribution is -2.36. The summed E-state index contributed by atoms with van der Waals surface area (Å²) in [7, 11) is 0. The number of imidazole rings is 1. The number of aliphatic hydroxyl groups excluding tert-OH is 3. The molecule has 1 fully saturated rings. The van der Waals surface area contributed by atoms with E-state index >= 15 is 0 Å². The Morgan fingerprint density at radius 1 is 0.875 bits per heavy atom. The van der Waals surface area contributed by atoms with E-state index in [-0.39, 0.29) is 24.5 Å². The number of benzene rings is 3. The number of anilines is 2. The van der Waals surface area contributed by atoms with Crippen molar-refractivity contribution in [1.29, 1.82) is 0 Å². The van der Waals surface area contributed by atoms with Crippen LogP contribution < -0.4 is 10.6 Å². The summed E-state index contributed by atoms with van der Waals surface area (Å²) in [5, 5.41) is 47.2. The first kappa shape index (κ1) is 31.5. The monoisotopic (exact) mass is 647 g/mol. The van der Waals surface area contributed by atoms with Crippen molar-refractivity contribution in [2.75, 3.05) is 23.8 Å². The molecule has 2 aliphatic heterocycles. The van der Waals surface area contributed by atoms with Gasteiger partial charge in [0.15, 0.2) is 29.4 Å². The van der Waals surface area contributed by atoms with Gasteiger partial charge in [0.2, 0.25) is 5.95 Å². The molecule has 48 heavy (non-hydrogen) atoms. The highest BCUT2D eigenvalue weighted by atomic mass is 16.6. The quantitative estimate of drug-likeness (QED) is 0.134. The van der Waals surface area contributed by atoms with Gasteiger partial charge in [-0.05, 0) is 30.0 Å². The molecule has 13 heteroatoms. The Morgan fingerprint density at radius 3 is 2.17 bits per heavy atom. The third-order valence-corrected chi connectivity index (χ3v) is 8.66. The van der Waals surface area contributed by atoms with Crippen LogP contribution in [0.25, 0.3) is 11.2 Å². The van der Waals surface area contributed by atoms with Crippen molar-refractivity contribution in [3.63, 3.8) is 0 Å². The maximum absolute atomic E-state index is 11.1. The normalized spacial score (nSPS) is 22.7. The van der Waals surface area contributed by atoms with Crippen molar-refractivity contribution in [3.05, 3.63) is 114 Å². The minimum Gasteiger partial charge on any atom is -0.394 e. The Hall–Kier alpha value is -5.08. The number of hydrogen-bond donors (Lipinski definition) is 5. The number of ether oxygens (including phenoxy) is 1. The number of nitrogens with zero attached hydrogens (tertiary/aromatic N) is 7. The second kappa shape index (κ2) is 14.0. The average molecular weight is 648 g/mol. The lowest BCUT2D eigenvalue weighted by atomic mass is 9.91. The topological polar surface area (TPSA) is 175 Å². The molecule has 3 aromatic carbocycles. The van der Waals surface area contributed by atoms with Gasteiger partial charge in [0, 0.05) is 12.5 Å². The van der Waals surface area contributed by atoms with Gasteiger partial charge in [-0.3, -0.25) is 4.57 Å². The molecule has 0 amide bonds. The van der Waals surface area contributed by atoms with Crippen LogP contribution in [0.2, 0.25) is 0 Å². The Bertz CT molecular complexity index is 1850. The van der Waals surface area contributed by atoms with Gasteiger partial charge in [0.1, 0.15) is 24.1 Å². The number of aliphatic hydroxyl groups is 3. The highest BCUT2D eigenvalue weighted by Crippen LogP contribution is 2.36. The van der Waals surface area contributed by atoms with Gasteiger partial charge in [-0.1, -0.05) is 91.0 Å². The number of hydrogen-bond acceptors (Lipinski definition) is 12. The number of azo groups is 1.